The Balaban J connectivity index is 2.43. The summed E-state index contributed by atoms with van der Waals surface area (Å²) in [6, 6.07) is 4.01. The summed E-state index contributed by atoms with van der Waals surface area (Å²) in [5.74, 6) is -1.15. The molecule has 1 aliphatic rings. The second-order valence-electron chi connectivity index (χ2n) is 5.90. The monoisotopic (exact) mass is 356 g/mol. The van der Waals surface area contributed by atoms with E-state index in [1.54, 1.807) is 13.0 Å². The SMILES string of the molecule is CCCC(C)NS(=O)(=O)c1cc(C(=O)O)ccc1N1CCOCC1. The first kappa shape index (κ1) is 18.7. The van der Waals surface area contributed by atoms with E-state index in [1.165, 1.54) is 12.1 Å². The molecular formula is C16H24N2O5S. The molecule has 0 saturated carbocycles. The summed E-state index contributed by atoms with van der Waals surface area (Å²) >= 11 is 0. The van der Waals surface area contributed by atoms with Crippen LogP contribution in [0.3, 0.4) is 0 Å². The van der Waals surface area contributed by atoms with Gasteiger partial charge in [-0.05, 0) is 31.5 Å². The van der Waals surface area contributed by atoms with E-state index in [1.807, 2.05) is 11.8 Å². The number of anilines is 1. The Kier molecular flexibility index (Phi) is 6.20. The van der Waals surface area contributed by atoms with E-state index in [0.29, 0.717) is 38.4 Å². The lowest BCUT2D eigenvalue weighted by Gasteiger charge is -2.30. The van der Waals surface area contributed by atoms with E-state index >= 15 is 0 Å². The highest BCUT2D eigenvalue weighted by atomic mass is 32.2. The molecule has 0 spiro atoms. The summed E-state index contributed by atoms with van der Waals surface area (Å²) in [6.45, 7) is 5.95. The highest BCUT2D eigenvalue weighted by Gasteiger charge is 2.26. The van der Waals surface area contributed by atoms with Crippen LogP contribution in [0, 0.1) is 0 Å². The van der Waals surface area contributed by atoms with E-state index in [2.05, 4.69) is 4.72 Å². The van der Waals surface area contributed by atoms with Crippen molar-refractivity contribution < 1.29 is 23.1 Å². The van der Waals surface area contributed by atoms with Gasteiger partial charge < -0.3 is 14.7 Å². The third kappa shape index (κ3) is 4.46. The highest BCUT2D eigenvalue weighted by molar-refractivity contribution is 7.89. The number of rotatable bonds is 7. The first-order chi connectivity index (χ1) is 11.3. The van der Waals surface area contributed by atoms with Crippen molar-refractivity contribution in [2.24, 2.45) is 0 Å². The normalized spacial score (nSPS) is 16.8. The van der Waals surface area contributed by atoms with Crippen LogP contribution >= 0.6 is 0 Å². The van der Waals surface area contributed by atoms with E-state index in [0.717, 1.165) is 6.42 Å². The van der Waals surface area contributed by atoms with Gasteiger partial charge in [-0.15, -0.1) is 0 Å². The molecule has 0 bridgehead atoms. The number of carboxylic acids is 1. The van der Waals surface area contributed by atoms with Gasteiger partial charge in [-0.1, -0.05) is 13.3 Å². The van der Waals surface area contributed by atoms with E-state index in [-0.39, 0.29) is 16.5 Å². The third-order valence-corrected chi connectivity index (χ3v) is 5.54. The Morgan fingerprint density at radius 1 is 1.38 bits per heavy atom. The fourth-order valence-corrected chi connectivity index (χ4v) is 4.28. The standard InChI is InChI=1S/C16H24N2O5S/c1-3-4-12(2)17-24(21,22)15-11-13(16(19)20)5-6-14(15)18-7-9-23-10-8-18/h5-6,11-12,17H,3-4,7-10H2,1-2H3,(H,19,20). The number of sulfonamides is 1. The van der Waals surface area contributed by atoms with Gasteiger partial charge in [-0.3, -0.25) is 0 Å². The van der Waals surface area contributed by atoms with Gasteiger partial charge in [0.15, 0.2) is 0 Å². The Morgan fingerprint density at radius 2 is 2.04 bits per heavy atom. The number of hydrogen-bond donors (Lipinski definition) is 2. The summed E-state index contributed by atoms with van der Waals surface area (Å²) in [5.41, 5.74) is 0.468. The van der Waals surface area contributed by atoms with Crippen molar-refractivity contribution in [3.05, 3.63) is 23.8 Å². The molecule has 0 aliphatic carbocycles. The molecule has 1 aromatic rings. The predicted octanol–water partition coefficient (Wildman–Crippen LogP) is 1.69. The zero-order valence-corrected chi connectivity index (χ0v) is 14.8. The maximum Gasteiger partial charge on any atom is 0.335 e. The number of morpholine rings is 1. The molecule has 7 nitrogen and oxygen atoms in total. The van der Waals surface area contributed by atoms with Crippen molar-refractivity contribution in [3.8, 4) is 0 Å². The number of aromatic carboxylic acids is 1. The molecule has 8 heteroatoms. The molecule has 1 heterocycles. The number of carbonyl (C=O) groups is 1. The summed E-state index contributed by atoms with van der Waals surface area (Å²) < 4.78 is 33.5. The van der Waals surface area contributed by atoms with Crippen molar-refractivity contribution in [1.29, 1.82) is 0 Å². The van der Waals surface area contributed by atoms with Crippen LogP contribution in [0.25, 0.3) is 0 Å². The summed E-state index contributed by atoms with van der Waals surface area (Å²) in [5, 5.41) is 9.19. The quantitative estimate of drug-likeness (QED) is 0.772. The second-order valence-corrected chi connectivity index (χ2v) is 7.58. The van der Waals surface area contributed by atoms with Gasteiger partial charge in [-0.2, -0.15) is 0 Å². The minimum Gasteiger partial charge on any atom is -0.478 e. The molecule has 24 heavy (non-hydrogen) atoms. The van der Waals surface area contributed by atoms with Gasteiger partial charge in [0, 0.05) is 19.1 Å². The first-order valence-electron chi connectivity index (χ1n) is 8.07. The molecule has 1 aromatic carbocycles. The van der Waals surface area contributed by atoms with Crippen molar-refractivity contribution in [2.45, 2.75) is 37.6 Å². The lowest BCUT2D eigenvalue weighted by atomic mass is 10.2. The fraction of sp³-hybridized carbons (Fsp3) is 0.562. The van der Waals surface area contributed by atoms with Gasteiger partial charge in [0.25, 0.3) is 0 Å². The molecule has 0 aromatic heterocycles. The molecule has 0 amide bonds. The smallest absolute Gasteiger partial charge is 0.335 e. The molecule has 2 rings (SSSR count). The Morgan fingerprint density at radius 3 is 2.62 bits per heavy atom. The summed E-state index contributed by atoms with van der Waals surface area (Å²) in [7, 11) is -3.81. The molecule has 1 fully saturated rings. The maximum absolute atomic E-state index is 12.8. The number of nitrogens with one attached hydrogen (secondary N) is 1. The van der Waals surface area contributed by atoms with Gasteiger partial charge in [0.05, 0.1) is 24.5 Å². The zero-order chi connectivity index (χ0) is 17.7. The van der Waals surface area contributed by atoms with Crippen LogP contribution in [0.2, 0.25) is 0 Å². The molecular weight excluding hydrogens is 332 g/mol. The average molecular weight is 356 g/mol. The number of carboxylic acid groups (broad SMARTS) is 1. The van der Waals surface area contributed by atoms with Crippen LogP contribution in [-0.4, -0.2) is 51.8 Å². The first-order valence-corrected chi connectivity index (χ1v) is 9.56. The van der Waals surface area contributed by atoms with E-state index < -0.39 is 16.0 Å². The zero-order valence-electron chi connectivity index (χ0n) is 14.0. The molecule has 1 unspecified atom stereocenters. The maximum atomic E-state index is 12.8. The molecule has 1 saturated heterocycles. The van der Waals surface area contributed by atoms with Crippen LogP contribution in [0.15, 0.2) is 23.1 Å². The Labute approximate surface area is 142 Å². The molecule has 2 N–H and O–H groups in total. The summed E-state index contributed by atoms with van der Waals surface area (Å²) in [4.78, 5) is 13.2. The minimum absolute atomic E-state index is 0.00672. The number of hydrogen-bond acceptors (Lipinski definition) is 5. The lowest BCUT2D eigenvalue weighted by Crippen LogP contribution is -2.39. The number of benzene rings is 1. The second kappa shape index (κ2) is 7.96. The topological polar surface area (TPSA) is 95.9 Å². The third-order valence-electron chi connectivity index (χ3n) is 3.93. The van der Waals surface area contributed by atoms with Gasteiger partial charge in [0.1, 0.15) is 4.90 Å². The van der Waals surface area contributed by atoms with Crippen molar-refractivity contribution in [1.82, 2.24) is 4.72 Å². The predicted molar refractivity (Wildman–Crippen MR) is 91.1 cm³/mol. The van der Waals surface area contributed by atoms with Gasteiger partial charge >= 0.3 is 5.97 Å². The van der Waals surface area contributed by atoms with Gasteiger partial charge in [-0.25, -0.2) is 17.9 Å². The average Bonchev–Trinajstić information content (AvgIpc) is 2.54. The van der Waals surface area contributed by atoms with Crippen LogP contribution in [-0.2, 0) is 14.8 Å². The van der Waals surface area contributed by atoms with Crippen LogP contribution < -0.4 is 9.62 Å². The lowest BCUT2D eigenvalue weighted by molar-refractivity contribution is 0.0696. The van der Waals surface area contributed by atoms with E-state index in [9.17, 15) is 18.3 Å². The minimum atomic E-state index is -3.81. The molecule has 0 radical (unpaired) electrons. The highest BCUT2D eigenvalue weighted by Crippen LogP contribution is 2.28. The summed E-state index contributed by atoms with van der Waals surface area (Å²) in [6.07, 6.45) is 1.57. The van der Waals surface area contributed by atoms with Crippen LogP contribution in [0.1, 0.15) is 37.0 Å². The van der Waals surface area contributed by atoms with Crippen LogP contribution in [0.5, 0.6) is 0 Å². The van der Waals surface area contributed by atoms with Crippen molar-refractivity contribution >= 4 is 21.7 Å². The van der Waals surface area contributed by atoms with Crippen molar-refractivity contribution in [2.75, 3.05) is 31.2 Å². The molecule has 1 atom stereocenters. The number of ether oxygens (including phenoxy) is 1. The fourth-order valence-electron chi connectivity index (χ4n) is 2.75. The van der Waals surface area contributed by atoms with Crippen molar-refractivity contribution in [3.63, 3.8) is 0 Å². The molecule has 134 valence electrons. The van der Waals surface area contributed by atoms with Crippen LogP contribution in [0.4, 0.5) is 5.69 Å². The Hall–Kier alpha value is -1.64. The number of nitrogens with zero attached hydrogens (tertiary/aromatic N) is 1. The van der Waals surface area contributed by atoms with Gasteiger partial charge in [0.2, 0.25) is 10.0 Å². The Bertz CT molecular complexity index is 684. The molecule has 1 aliphatic heterocycles. The van der Waals surface area contributed by atoms with E-state index in [4.69, 9.17) is 4.74 Å². The largest absolute Gasteiger partial charge is 0.478 e.